The third kappa shape index (κ3) is 3.70. The van der Waals surface area contributed by atoms with E-state index in [1.807, 2.05) is 0 Å². The summed E-state index contributed by atoms with van der Waals surface area (Å²) in [7, 11) is 4.11. The van der Waals surface area contributed by atoms with Crippen molar-refractivity contribution in [3.63, 3.8) is 0 Å². The lowest BCUT2D eigenvalue weighted by Gasteiger charge is -2.32. The summed E-state index contributed by atoms with van der Waals surface area (Å²) in [6.07, 6.45) is 1.48. The highest BCUT2D eigenvalue weighted by atomic mass is 35.5. The van der Waals surface area contributed by atoms with E-state index in [1.54, 1.807) is 0 Å². The number of nitrogens with zero attached hydrogens (tertiary/aromatic N) is 4. The van der Waals surface area contributed by atoms with Crippen LogP contribution in [0.1, 0.15) is 19.4 Å². The van der Waals surface area contributed by atoms with Crippen molar-refractivity contribution < 1.29 is 0 Å². The SMILES string of the molecule is CCN(c1ncnc(Cl)c1CCl)C(C)CN(C)C. The van der Waals surface area contributed by atoms with E-state index in [0.717, 1.165) is 24.5 Å². The summed E-state index contributed by atoms with van der Waals surface area (Å²) in [4.78, 5) is 12.7. The zero-order valence-electron chi connectivity index (χ0n) is 11.3. The molecule has 1 aromatic rings. The minimum absolute atomic E-state index is 0.320. The zero-order chi connectivity index (χ0) is 13.7. The van der Waals surface area contributed by atoms with Gasteiger partial charge in [-0.1, -0.05) is 11.6 Å². The quantitative estimate of drug-likeness (QED) is 0.596. The fraction of sp³-hybridized carbons (Fsp3) is 0.667. The zero-order valence-corrected chi connectivity index (χ0v) is 12.8. The average molecular weight is 291 g/mol. The summed E-state index contributed by atoms with van der Waals surface area (Å²) in [6, 6.07) is 0.331. The fourth-order valence-electron chi connectivity index (χ4n) is 2.04. The molecule has 0 aliphatic carbocycles. The van der Waals surface area contributed by atoms with Crippen molar-refractivity contribution in [1.29, 1.82) is 0 Å². The largest absolute Gasteiger partial charge is 0.352 e. The molecule has 0 saturated carbocycles. The van der Waals surface area contributed by atoms with Crippen LogP contribution in [-0.4, -0.2) is 48.1 Å². The Morgan fingerprint density at radius 1 is 1.33 bits per heavy atom. The van der Waals surface area contributed by atoms with Crippen molar-refractivity contribution in [2.45, 2.75) is 25.8 Å². The maximum Gasteiger partial charge on any atom is 0.138 e. The van der Waals surface area contributed by atoms with Gasteiger partial charge in [-0.2, -0.15) is 0 Å². The van der Waals surface area contributed by atoms with Gasteiger partial charge in [0.05, 0.1) is 5.88 Å². The normalized spacial score (nSPS) is 12.8. The molecule has 0 N–H and O–H groups in total. The molecule has 0 radical (unpaired) electrons. The molecule has 1 aromatic heterocycles. The standard InChI is InChI=1S/C12H20Cl2N4/c1-5-18(9(2)7-17(3)4)12-10(6-13)11(14)15-8-16-12/h8-9H,5-7H2,1-4H3. The van der Waals surface area contributed by atoms with Gasteiger partial charge in [0.25, 0.3) is 0 Å². The number of aromatic nitrogens is 2. The van der Waals surface area contributed by atoms with Crippen molar-refractivity contribution in [2.75, 3.05) is 32.1 Å². The first-order chi connectivity index (χ1) is 8.51. The lowest BCUT2D eigenvalue weighted by atomic mass is 10.2. The Morgan fingerprint density at radius 3 is 2.50 bits per heavy atom. The summed E-state index contributed by atoms with van der Waals surface area (Å²) in [5.41, 5.74) is 0.799. The van der Waals surface area contributed by atoms with Gasteiger partial charge in [0.1, 0.15) is 17.3 Å². The highest BCUT2D eigenvalue weighted by Crippen LogP contribution is 2.26. The van der Waals surface area contributed by atoms with Gasteiger partial charge in [-0.05, 0) is 27.9 Å². The predicted molar refractivity (Wildman–Crippen MR) is 77.6 cm³/mol. The minimum atomic E-state index is 0.320. The van der Waals surface area contributed by atoms with Crippen LogP contribution in [0.4, 0.5) is 5.82 Å². The monoisotopic (exact) mass is 290 g/mol. The Bertz CT molecular complexity index is 384. The van der Waals surface area contributed by atoms with E-state index >= 15 is 0 Å². The third-order valence-electron chi connectivity index (χ3n) is 2.78. The van der Waals surface area contributed by atoms with Crippen LogP contribution in [0.2, 0.25) is 5.15 Å². The number of alkyl halides is 1. The molecule has 0 spiro atoms. The van der Waals surface area contributed by atoms with Crippen LogP contribution in [0.5, 0.6) is 0 Å². The number of halogens is 2. The van der Waals surface area contributed by atoms with Crippen LogP contribution in [-0.2, 0) is 5.88 Å². The van der Waals surface area contributed by atoms with Gasteiger partial charge in [0.15, 0.2) is 0 Å². The van der Waals surface area contributed by atoms with Crippen molar-refractivity contribution in [1.82, 2.24) is 14.9 Å². The van der Waals surface area contributed by atoms with Gasteiger partial charge in [-0.3, -0.25) is 0 Å². The average Bonchev–Trinajstić information content (AvgIpc) is 2.29. The number of hydrogen-bond donors (Lipinski definition) is 0. The molecule has 4 nitrogen and oxygen atoms in total. The summed E-state index contributed by atoms with van der Waals surface area (Å²) in [5, 5.41) is 0.436. The Hall–Kier alpha value is -0.580. The topological polar surface area (TPSA) is 32.3 Å². The van der Waals surface area contributed by atoms with Crippen LogP contribution >= 0.6 is 23.2 Å². The van der Waals surface area contributed by atoms with Crippen molar-refractivity contribution in [3.05, 3.63) is 17.0 Å². The maximum atomic E-state index is 6.07. The molecule has 0 fully saturated rings. The summed E-state index contributed by atoms with van der Waals surface area (Å²) >= 11 is 12.0. The van der Waals surface area contributed by atoms with Crippen LogP contribution in [0.15, 0.2) is 6.33 Å². The van der Waals surface area contributed by atoms with E-state index in [9.17, 15) is 0 Å². The molecular formula is C12H20Cl2N4. The van der Waals surface area contributed by atoms with E-state index in [2.05, 4.69) is 47.7 Å². The van der Waals surface area contributed by atoms with Gasteiger partial charge >= 0.3 is 0 Å². The molecule has 1 atom stereocenters. The Morgan fingerprint density at radius 2 is 2.00 bits per heavy atom. The Balaban J connectivity index is 3.05. The van der Waals surface area contributed by atoms with Gasteiger partial charge < -0.3 is 9.80 Å². The van der Waals surface area contributed by atoms with Gasteiger partial charge in [-0.25, -0.2) is 9.97 Å². The van der Waals surface area contributed by atoms with Gasteiger partial charge in [0, 0.05) is 24.7 Å². The van der Waals surface area contributed by atoms with Crippen molar-refractivity contribution in [2.24, 2.45) is 0 Å². The van der Waals surface area contributed by atoms with Gasteiger partial charge in [0.2, 0.25) is 0 Å². The highest BCUT2D eigenvalue weighted by Gasteiger charge is 2.19. The van der Waals surface area contributed by atoms with Crippen LogP contribution < -0.4 is 4.90 Å². The highest BCUT2D eigenvalue weighted by molar-refractivity contribution is 6.31. The lowest BCUT2D eigenvalue weighted by molar-refractivity contribution is 0.372. The molecule has 1 unspecified atom stereocenters. The molecule has 18 heavy (non-hydrogen) atoms. The summed E-state index contributed by atoms with van der Waals surface area (Å²) in [6.45, 7) is 6.06. The van der Waals surface area contributed by atoms with Gasteiger partial charge in [-0.15, -0.1) is 11.6 Å². The molecule has 0 bridgehead atoms. The second-order valence-corrected chi connectivity index (χ2v) is 5.12. The first-order valence-electron chi connectivity index (χ1n) is 5.97. The molecule has 1 rings (SSSR count). The van der Waals surface area contributed by atoms with Crippen molar-refractivity contribution in [3.8, 4) is 0 Å². The molecule has 1 heterocycles. The van der Waals surface area contributed by atoms with E-state index < -0.39 is 0 Å². The number of rotatable bonds is 6. The van der Waals surface area contributed by atoms with E-state index in [4.69, 9.17) is 23.2 Å². The first-order valence-corrected chi connectivity index (χ1v) is 6.89. The van der Waals surface area contributed by atoms with Crippen LogP contribution in [0.3, 0.4) is 0 Å². The molecular weight excluding hydrogens is 271 g/mol. The summed E-state index contributed by atoms with van der Waals surface area (Å²) < 4.78 is 0. The maximum absolute atomic E-state index is 6.07. The van der Waals surface area contributed by atoms with Crippen LogP contribution in [0.25, 0.3) is 0 Å². The van der Waals surface area contributed by atoms with E-state index in [-0.39, 0.29) is 0 Å². The Kier molecular flexibility index (Phi) is 6.12. The third-order valence-corrected chi connectivity index (χ3v) is 3.37. The second-order valence-electron chi connectivity index (χ2n) is 4.50. The smallest absolute Gasteiger partial charge is 0.138 e. The predicted octanol–water partition coefficient (Wildman–Crippen LogP) is 2.65. The molecule has 0 saturated heterocycles. The molecule has 0 amide bonds. The Labute approximate surface area is 119 Å². The fourth-order valence-corrected chi connectivity index (χ4v) is 2.55. The molecule has 0 aliphatic rings. The molecule has 0 aliphatic heterocycles. The minimum Gasteiger partial charge on any atom is -0.352 e. The number of anilines is 1. The number of hydrogen-bond acceptors (Lipinski definition) is 4. The van der Waals surface area contributed by atoms with Crippen molar-refractivity contribution >= 4 is 29.0 Å². The molecule has 6 heteroatoms. The second kappa shape index (κ2) is 7.12. The summed E-state index contributed by atoms with van der Waals surface area (Å²) in [5.74, 6) is 1.15. The number of likely N-dealkylation sites (N-methyl/N-ethyl adjacent to an activating group) is 2. The van der Waals surface area contributed by atoms with E-state index in [0.29, 0.717) is 17.1 Å². The van der Waals surface area contributed by atoms with E-state index in [1.165, 1.54) is 6.33 Å². The lowest BCUT2D eigenvalue weighted by Crippen LogP contribution is -2.41. The molecule has 102 valence electrons. The van der Waals surface area contributed by atoms with Crippen LogP contribution in [0, 0.1) is 0 Å². The molecule has 0 aromatic carbocycles. The first kappa shape index (κ1) is 15.5.